The van der Waals surface area contributed by atoms with Crippen LogP contribution in [0.3, 0.4) is 0 Å². The number of furan rings is 1. The summed E-state index contributed by atoms with van der Waals surface area (Å²) in [7, 11) is 0. The lowest BCUT2D eigenvalue weighted by Crippen LogP contribution is -1.95. The Labute approximate surface area is 82.9 Å². The first-order chi connectivity index (χ1) is 6.27. The monoisotopic (exact) mass is 239 g/mol. The van der Waals surface area contributed by atoms with E-state index in [1.807, 2.05) is 6.07 Å². The summed E-state index contributed by atoms with van der Waals surface area (Å²) in [5.74, 6) is 1.04. The summed E-state index contributed by atoms with van der Waals surface area (Å²) in [4.78, 5) is 0. The molecule has 0 radical (unpaired) electrons. The molecule has 0 spiro atoms. The molecule has 66 valence electrons. The molecule has 2 aromatic rings. The molecule has 0 atom stereocenters. The summed E-state index contributed by atoms with van der Waals surface area (Å²) in [5.41, 5.74) is 6.15. The van der Waals surface area contributed by atoms with Gasteiger partial charge in [0.1, 0.15) is 5.69 Å². The van der Waals surface area contributed by atoms with Crippen LogP contribution in [0.15, 0.2) is 33.4 Å². The SMILES string of the molecule is Nc1nnc(-c2ccco2)cc1Br. The first kappa shape index (κ1) is 8.25. The summed E-state index contributed by atoms with van der Waals surface area (Å²) in [5, 5.41) is 7.64. The lowest BCUT2D eigenvalue weighted by atomic mass is 10.3. The van der Waals surface area contributed by atoms with Crippen molar-refractivity contribution in [2.24, 2.45) is 0 Å². The van der Waals surface area contributed by atoms with E-state index in [1.54, 1.807) is 18.4 Å². The summed E-state index contributed by atoms with van der Waals surface area (Å²) >= 11 is 3.26. The fourth-order valence-corrected chi connectivity index (χ4v) is 1.22. The molecular formula is C8H6BrN3O. The third-order valence-electron chi connectivity index (χ3n) is 1.55. The van der Waals surface area contributed by atoms with Gasteiger partial charge < -0.3 is 10.2 Å². The second-order valence-electron chi connectivity index (χ2n) is 2.44. The average Bonchev–Trinajstić information content (AvgIpc) is 2.62. The number of nitrogens with two attached hydrogens (primary N) is 1. The lowest BCUT2D eigenvalue weighted by molar-refractivity contribution is 0.579. The minimum absolute atomic E-state index is 0.371. The van der Waals surface area contributed by atoms with Gasteiger partial charge in [-0.05, 0) is 34.1 Å². The van der Waals surface area contributed by atoms with E-state index in [0.29, 0.717) is 21.7 Å². The fourth-order valence-electron chi connectivity index (χ4n) is 0.923. The van der Waals surface area contributed by atoms with Crippen LogP contribution < -0.4 is 5.73 Å². The molecule has 0 fully saturated rings. The van der Waals surface area contributed by atoms with Crippen molar-refractivity contribution >= 4 is 21.7 Å². The molecule has 0 aromatic carbocycles. The average molecular weight is 240 g/mol. The molecule has 0 unspecified atom stereocenters. The van der Waals surface area contributed by atoms with E-state index >= 15 is 0 Å². The van der Waals surface area contributed by atoms with Gasteiger partial charge in [-0.3, -0.25) is 0 Å². The van der Waals surface area contributed by atoms with Crippen LogP contribution in [0, 0.1) is 0 Å². The zero-order valence-electron chi connectivity index (χ0n) is 6.57. The maximum Gasteiger partial charge on any atom is 0.160 e. The standard InChI is InChI=1S/C8H6BrN3O/c9-5-4-6(11-12-8(5)10)7-2-1-3-13-7/h1-4H,(H2,10,12). The first-order valence-corrected chi connectivity index (χ1v) is 4.39. The van der Waals surface area contributed by atoms with Gasteiger partial charge >= 0.3 is 0 Å². The molecule has 2 heterocycles. The molecule has 0 aliphatic heterocycles. The van der Waals surface area contributed by atoms with Gasteiger partial charge in [-0.15, -0.1) is 10.2 Å². The van der Waals surface area contributed by atoms with Crippen LogP contribution >= 0.6 is 15.9 Å². The van der Waals surface area contributed by atoms with Crippen LogP contribution in [0.4, 0.5) is 5.82 Å². The summed E-state index contributed by atoms with van der Waals surface area (Å²) in [6, 6.07) is 5.37. The van der Waals surface area contributed by atoms with E-state index < -0.39 is 0 Å². The van der Waals surface area contributed by atoms with E-state index in [0.717, 1.165) is 0 Å². The molecule has 0 aliphatic carbocycles. The highest BCUT2D eigenvalue weighted by molar-refractivity contribution is 9.10. The molecule has 0 aliphatic rings. The van der Waals surface area contributed by atoms with Crippen molar-refractivity contribution < 1.29 is 4.42 Å². The van der Waals surface area contributed by atoms with E-state index in [9.17, 15) is 0 Å². The molecule has 0 bridgehead atoms. The second kappa shape index (κ2) is 3.18. The predicted molar refractivity (Wildman–Crippen MR) is 51.8 cm³/mol. The van der Waals surface area contributed by atoms with Crippen molar-refractivity contribution in [3.63, 3.8) is 0 Å². The molecule has 0 amide bonds. The number of anilines is 1. The van der Waals surface area contributed by atoms with Crippen LogP contribution in [-0.4, -0.2) is 10.2 Å². The van der Waals surface area contributed by atoms with Gasteiger partial charge in [-0.1, -0.05) is 0 Å². The van der Waals surface area contributed by atoms with Gasteiger partial charge in [0.2, 0.25) is 0 Å². The Balaban J connectivity index is 2.49. The molecule has 13 heavy (non-hydrogen) atoms. The second-order valence-corrected chi connectivity index (χ2v) is 3.29. The van der Waals surface area contributed by atoms with Crippen molar-refractivity contribution in [3.8, 4) is 11.5 Å². The molecule has 2 rings (SSSR count). The van der Waals surface area contributed by atoms with Crippen LogP contribution in [0.1, 0.15) is 0 Å². The van der Waals surface area contributed by atoms with E-state index in [1.165, 1.54) is 0 Å². The third-order valence-corrected chi connectivity index (χ3v) is 2.18. The van der Waals surface area contributed by atoms with Gasteiger partial charge in [0.25, 0.3) is 0 Å². The van der Waals surface area contributed by atoms with Crippen molar-refractivity contribution in [2.75, 3.05) is 5.73 Å². The largest absolute Gasteiger partial charge is 0.463 e. The molecule has 0 saturated heterocycles. The van der Waals surface area contributed by atoms with Gasteiger partial charge in [0.05, 0.1) is 10.7 Å². The number of hydrogen-bond acceptors (Lipinski definition) is 4. The van der Waals surface area contributed by atoms with E-state index in [4.69, 9.17) is 10.2 Å². The van der Waals surface area contributed by atoms with Gasteiger partial charge in [0, 0.05) is 0 Å². The zero-order chi connectivity index (χ0) is 9.26. The number of halogens is 1. The third kappa shape index (κ3) is 1.55. The van der Waals surface area contributed by atoms with Crippen molar-refractivity contribution in [2.45, 2.75) is 0 Å². The highest BCUT2D eigenvalue weighted by atomic mass is 79.9. The number of hydrogen-bond donors (Lipinski definition) is 1. The normalized spacial score (nSPS) is 10.2. The topological polar surface area (TPSA) is 64.9 Å². The van der Waals surface area contributed by atoms with Crippen LogP contribution in [0.5, 0.6) is 0 Å². The summed E-state index contributed by atoms with van der Waals surface area (Å²) < 4.78 is 5.87. The minimum atomic E-state index is 0.371. The van der Waals surface area contributed by atoms with Gasteiger partial charge in [-0.25, -0.2) is 0 Å². The Morgan fingerprint density at radius 2 is 2.23 bits per heavy atom. The number of aromatic nitrogens is 2. The van der Waals surface area contributed by atoms with Crippen molar-refractivity contribution in [1.82, 2.24) is 10.2 Å². The Hall–Kier alpha value is -1.36. The fraction of sp³-hybridized carbons (Fsp3) is 0. The smallest absolute Gasteiger partial charge is 0.160 e. The highest BCUT2D eigenvalue weighted by Crippen LogP contribution is 2.23. The molecule has 2 aromatic heterocycles. The molecule has 4 nitrogen and oxygen atoms in total. The number of nitrogen functional groups attached to an aromatic ring is 1. The van der Waals surface area contributed by atoms with Gasteiger partial charge in [0.15, 0.2) is 11.6 Å². The lowest BCUT2D eigenvalue weighted by Gasteiger charge is -1.97. The van der Waals surface area contributed by atoms with Crippen molar-refractivity contribution in [3.05, 3.63) is 28.9 Å². The number of rotatable bonds is 1. The maximum absolute atomic E-state index is 5.49. The Bertz CT molecular complexity index is 413. The summed E-state index contributed by atoms with van der Waals surface area (Å²) in [6.07, 6.45) is 1.58. The Kier molecular flexibility index (Phi) is 2.02. The van der Waals surface area contributed by atoms with E-state index in [-0.39, 0.29) is 0 Å². The van der Waals surface area contributed by atoms with Crippen LogP contribution in [0.25, 0.3) is 11.5 Å². The predicted octanol–water partition coefficient (Wildman–Crippen LogP) is 2.08. The Morgan fingerprint density at radius 1 is 1.38 bits per heavy atom. The maximum atomic E-state index is 5.49. The van der Waals surface area contributed by atoms with Crippen LogP contribution in [-0.2, 0) is 0 Å². The molecule has 0 saturated carbocycles. The van der Waals surface area contributed by atoms with Crippen LogP contribution in [0.2, 0.25) is 0 Å². The number of nitrogens with zero attached hydrogens (tertiary/aromatic N) is 2. The van der Waals surface area contributed by atoms with E-state index in [2.05, 4.69) is 26.1 Å². The zero-order valence-corrected chi connectivity index (χ0v) is 8.15. The minimum Gasteiger partial charge on any atom is -0.463 e. The quantitative estimate of drug-likeness (QED) is 0.828. The van der Waals surface area contributed by atoms with Crippen molar-refractivity contribution in [1.29, 1.82) is 0 Å². The molecular weight excluding hydrogens is 234 g/mol. The Morgan fingerprint density at radius 3 is 2.85 bits per heavy atom. The summed E-state index contributed by atoms with van der Waals surface area (Å²) in [6.45, 7) is 0. The molecule has 2 N–H and O–H groups in total. The molecule has 5 heteroatoms. The first-order valence-electron chi connectivity index (χ1n) is 3.60. The van der Waals surface area contributed by atoms with Gasteiger partial charge in [-0.2, -0.15) is 0 Å². The highest BCUT2D eigenvalue weighted by Gasteiger charge is 2.05.